The molecule has 3 aromatic rings. The maximum atomic E-state index is 4.44. The third-order valence-corrected chi connectivity index (χ3v) is 3.23. The molecule has 96 valence electrons. The average Bonchev–Trinajstić information content (AvgIpc) is 2.94. The zero-order chi connectivity index (χ0) is 13.1. The van der Waals surface area contributed by atoms with Gasteiger partial charge in [-0.25, -0.2) is 9.97 Å². The molecule has 0 saturated heterocycles. The largest absolute Gasteiger partial charge is 0.352 e. The summed E-state index contributed by atoms with van der Waals surface area (Å²) in [6.07, 6.45) is 3.51. The summed E-state index contributed by atoms with van der Waals surface area (Å²) in [6.45, 7) is 3.91. The first-order valence-corrected chi connectivity index (χ1v) is 6.45. The van der Waals surface area contributed by atoms with E-state index in [1.54, 1.807) is 6.33 Å². The van der Waals surface area contributed by atoms with Crippen LogP contribution in [-0.4, -0.2) is 21.5 Å². The van der Waals surface area contributed by atoms with Crippen LogP contribution in [-0.2, 0) is 6.54 Å². The third kappa shape index (κ3) is 2.29. The second kappa shape index (κ2) is 5.10. The Morgan fingerprint density at radius 1 is 1.11 bits per heavy atom. The molecular weight excluding hydrogens is 236 g/mol. The monoisotopic (exact) mass is 252 g/mol. The molecule has 1 aromatic carbocycles. The number of hydrogen-bond donors (Lipinski definition) is 1. The number of hydrogen-bond acceptors (Lipinski definition) is 3. The van der Waals surface area contributed by atoms with E-state index < -0.39 is 0 Å². The Kier molecular flexibility index (Phi) is 3.14. The van der Waals surface area contributed by atoms with Crippen molar-refractivity contribution < 1.29 is 0 Å². The molecule has 3 rings (SSSR count). The van der Waals surface area contributed by atoms with E-state index in [4.69, 9.17) is 0 Å². The van der Waals surface area contributed by atoms with Crippen LogP contribution in [0.3, 0.4) is 0 Å². The van der Waals surface area contributed by atoms with Gasteiger partial charge in [-0.1, -0.05) is 30.3 Å². The van der Waals surface area contributed by atoms with Crippen molar-refractivity contribution in [2.24, 2.45) is 0 Å². The van der Waals surface area contributed by atoms with Crippen molar-refractivity contribution in [3.63, 3.8) is 0 Å². The highest BCUT2D eigenvalue weighted by molar-refractivity contribution is 5.87. The van der Waals surface area contributed by atoms with Crippen molar-refractivity contribution in [2.45, 2.75) is 13.5 Å². The molecule has 0 aliphatic rings. The van der Waals surface area contributed by atoms with E-state index in [1.807, 2.05) is 18.3 Å². The van der Waals surface area contributed by atoms with Crippen LogP contribution in [0.15, 0.2) is 48.9 Å². The van der Waals surface area contributed by atoms with Crippen molar-refractivity contribution in [3.05, 3.63) is 54.5 Å². The second-order valence-corrected chi connectivity index (χ2v) is 4.44. The van der Waals surface area contributed by atoms with Gasteiger partial charge in [-0.3, -0.25) is 0 Å². The lowest BCUT2D eigenvalue weighted by molar-refractivity contribution is 0.816. The fourth-order valence-corrected chi connectivity index (χ4v) is 2.25. The molecule has 0 aliphatic heterocycles. The van der Waals surface area contributed by atoms with E-state index >= 15 is 0 Å². The van der Waals surface area contributed by atoms with Crippen LogP contribution < -0.4 is 4.90 Å². The number of nitrogens with one attached hydrogen (secondary N) is 1. The molecule has 0 spiro atoms. The van der Waals surface area contributed by atoms with Crippen LogP contribution in [0.4, 0.5) is 5.82 Å². The number of nitrogens with zero attached hydrogens (tertiary/aromatic N) is 3. The number of aromatic amines is 1. The Bertz CT molecular complexity index is 660. The van der Waals surface area contributed by atoms with Crippen LogP contribution >= 0.6 is 0 Å². The highest BCUT2D eigenvalue weighted by Gasteiger charge is 2.11. The number of benzene rings is 1. The van der Waals surface area contributed by atoms with Crippen LogP contribution in [0, 0.1) is 0 Å². The van der Waals surface area contributed by atoms with Crippen molar-refractivity contribution >= 4 is 16.9 Å². The summed E-state index contributed by atoms with van der Waals surface area (Å²) in [5.41, 5.74) is 2.17. The highest BCUT2D eigenvalue weighted by Crippen LogP contribution is 2.23. The van der Waals surface area contributed by atoms with E-state index in [0.717, 1.165) is 29.9 Å². The van der Waals surface area contributed by atoms with Gasteiger partial charge < -0.3 is 9.88 Å². The molecule has 2 aromatic heterocycles. The first kappa shape index (κ1) is 11.7. The van der Waals surface area contributed by atoms with E-state index in [1.165, 1.54) is 5.56 Å². The van der Waals surface area contributed by atoms with Gasteiger partial charge >= 0.3 is 0 Å². The van der Waals surface area contributed by atoms with Gasteiger partial charge in [0.25, 0.3) is 0 Å². The van der Waals surface area contributed by atoms with Crippen LogP contribution in [0.5, 0.6) is 0 Å². The molecular formula is C15H16N4. The van der Waals surface area contributed by atoms with Gasteiger partial charge in [0.15, 0.2) is 0 Å². The Morgan fingerprint density at radius 2 is 1.95 bits per heavy atom. The lowest BCUT2D eigenvalue weighted by atomic mass is 10.2. The number of H-pyrrole nitrogens is 1. The van der Waals surface area contributed by atoms with Crippen molar-refractivity contribution in [1.29, 1.82) is 0 Å². The molecule has 0 amide bonds. The Labute approximate surface area is 112 Å². The molecule has 0 unspecified atom stereocenters. The first-order valence-electron chi connectivity index (χ1n) is 6.45. The van der Waals surface area contributed by atoms with Gasteiger partial charge in [0, 0.05) is 19.3 Å². The minimum atomic E-state index is 0.856. The molecule has 4 nitrogen and oxygen atoms in total. The highest BCUT2D eigenvalue weighted by atomic mass is 15.2. The van der Waals surface area contributed by atoms with Crippen LogP contribution in [0.2, 0.25) is 0 Å². The van der Waals surface area contributed by atoms with Crippen molar-refractivity contribution in [3.8, 4) is 0 Å². The summed E-state index contributed by atoms with van der Waals surface area (Å²) in [6, 6.07) is 12.5. The van der Waals surface area contributed by atoms with E-state index in [-0.39, 0.29) is 0 Å². The molecule has 0 bridgehead atoms. The predicted octanol–water partition coefficient (Wildman–Crippen LogP) is 2.98. The zero-order valence-electron chi connectivity index (χ0n) is 10.9. The minimum absolute atomic E-state index is 0.856. The predicted molar refractivity (Wildman–Crippen MR) is 77.1 cm³/mol. The summed E-state index contributed by atoms with van der Waals surface area (Å²) in [5.74, 6) is 0.984. The van der Waals surface area contributed by atoms with E-state index in [2.05, 4.69) is 51.0 Å². The standard InChI is InChI=1S/C15H16N4/c1-2-19(10-12-6-4-3-5-7-12)15-13-8-9-16-14(13)17-11-18-15/h3-9,11H,2,10H2,1H3,(H,16,17,18). The first-order chi connectivity index (χ1) is 9.38. The topological polar surface area (TPSA) is 44.8 Å². The quantitative estimate of drug-likeness (QED) is 0.776. The second-order valence-electron chi connectivity index (χ2n) is 4.44. The van der Waals surface area contributed by atoms with Gasteiger partial charge in [-0.05, 0) is 18.6 Å². The molecule has 0 saturated carbocycles. The maximum absolute atomic E-state index is 4.44. The molecule has 19 heavy (non-hydrogen) atoms. The smallest absolute Gasteiger partial charge is 0.142 e. The summed E-state index contributed by atoms with van der Waals surface area (Å²) >= 11 is 0. The summed E-state index contributed by atoms with van der Waals surface area (Å²) in [5, 5.41) is 1.07. The number of aromatic nitrogens is 3. The Hall–Kier alpha value is -2.36. The lowest BCUT2D eigenvalue weighted by Crippen LogP contribution is -2.23. The number of fused-ring (bicyclic) bond motifs is 1. The van der Waals surface area contributed by atoms with Gasteiger partial charge in [-0.2, -0.15) is 0 Å². The molecule has 0 aliphatic carbocycles. The summed E-state index contributed by atoms with van der Waals surface area (Å²) in [7, 11) is 0. The molecule has 0 fully saturated rings. The van der Waals surface area contributed by atoms with Gasteiger partial charge in [0.2, 0.25) is 0 Å². The molecule has 0 atom stereocenters. The zero-order valence-corrected chi connectivity index (χ0v) is 10.9. The van der Waals surface area contributed by atoms with Crippen molar-refractivity contribution in [2.75, 3.05) is 11.4 Å². The van der Waals surface area contributed by atoms with Crippen molar-refractivity contribution in [1.82, 2.24) is 15.0 Å². The Balaban J connectivity index is 1.96. The molecule has 4 heteroatoms. The summed E-state index contributed by atoms with van der Waals surface area (Å²) in [4.78, 5) is 14.1. The average molecular weight is 252 g/mol. The minimum Gasteiger partial charge on any atom is -0.352 e. The lowest BCUT2D eigenvalue weighted by Gasteiger charge is -2.22. The normalized spacial score (nSPS) is 10.8. The third-order valence-electron chi connectivity index (χ3n) is 3.23. The molecule has 0 radical (unpaired) electrons. The van der Waals surface area contributed by atoms with Crippen LogP contribution in [0.25, 0.3) is 11.0 Å². The van der Waals surface area contributed by atoms with Gasteiger partial charge in [0.1, 0.15) is 17.8 Å². The molecule has 1 N–H and O–H groups in total. The van der Waals surface area contributed by atoms with Crippen LogP contribution in [0.1, 0.15) is 12.5 Å². The van der Waals surface area contributed by atoms with E-state index in [9.17, 15) is 0 Å². The van der Waals surface area contributed by atoms with Gasteiger partial charge in [0.05, 0.1) is 5.39 Å². The summed E-state index contributed by atoms with van der Waals surface area (Å²) < 4.78 is 0. The fourth-order valence-electron chi connectivity index (χ4n) is 2.25. The number of rotatable bonds is 4. The SMILES string of the molecule is CCN(Cc1ccccc1)c1ncnc2[nH]ccc12. The van der Waals surface area contributed by atoms with E-state index in [0.29, 0.717) is 0 Å². The molecule has 2 heterocycles. The number of anilines is 1. The fraction of sp³-hybridized carbons (Fsp3) is 0.200. The Morgan fingerprint density at radius 3 is 2.74 bits per heavy atom. The van der Waals surface area contributed by atoms with Gasteiger partial charge in [-0.15, -0.1) is 0 Å². The maximum Gasteiger partial charge on any atom is 0.142 e.